The van der Waals surface area contributed by atoms with Gasteiger partial charge < -0.3 is 9.15 Å². The SMILES string of the molecule is COCCn1c(-c2ccc(Br)cc2)nc2oc3ccccc3c(=O)c2c1=O. The van der Waals surface area contributed by atoms with E-state index >= 15 is 0 Å². The summed E-state index contributed by atoms with van der Waals surface area (Å²) in [6.07, 6.45) is 0. The normalized spacial score (nSPS) is 11.3. The largest absolute Gasteiger partial charge is 0.437 e. The predicted molar refractivity (Wildman–Crippen MR) is 107 cm³/mol. The number of hydrogen-bond donors (Lipinski definition) is 0. The van der Waals surface area contributed by atoms with Crippen LogP contribution < -0.4 is 11.0 Å². The molecule has 7 heteroatoms. The molecular formula is C20H15BrN2O4. The van der Waals surface area contributed by atoms with E-state index in [9.17, 15) is 9.59 Å². The lowest BCUT2D eigenvalue weighted by atomic mass is 10.1. The molecule has 0 fully saturated rings. The van der Waals surface area contributed by atoms with E-state index in [1.807, 2.05) is 24.3 Å². The van der Waals surface area contributed by atoms with Crippen LogP contribution in [0.4, 0.5) is 0 Å². The molecule has 2 heterocycles. The molecule has 4 rings (SSSR count). The van der Waals surface area contributed by atoms with Crippen LogP contribution in [-0.4, -0.2) is 23.3 Å². The van der Waals surface area contributed by atoms with Gasteiger partial charge >= 0.3 is 0 Å². The minimum Gasteiger partial charge on any atom is -0.437 e. The summed E-state index contributed by atoms with van der Waals surface area (Å²) in [6, 6.07) is 14.3. The Bertz CT molecular complexity index is 1260. The molecule has 0 saturated heterocycles. The maximum Gasteiger partial charge on any atom is 0.269 e. The molecular weight excluding hydrogens is 412 g/mol. The van der Waals surface area contributed by atoms with E-state index in [0.717, 1.165) is 10.0 Å². The lowest BCUT2D eigenvalue weighted by Gasteiger charge is -2.13. The standard InChI is InChI=1S/C20H15BrN2O4/c1-26-11-10-23-18(12-6-8-13(21)9-7-12)22-19-16(20(23)25)17(24)14-4-2-3-5-15(14)27-19/h2-9H,10-11H2,1H3. The summed E-state index contributed by atoms with van der Waals surface area (Å²) in [6.45, 7) is 0.589. The average molecular weight is 427 g/mol. The number of methoxy groups -OCH3 is 1. The quantitative estimate of drug-likeness (QED) is 0.466. The first kappa shape index (κ1) is 17.6. The number of para-hydroxylation sites is 1. The van der Waals surface area contributed by atoms with Crippen LogP contribution in [0.3, 0.4) is 0 Å². The molecule has 0 aliphatic carbocycles. The van der Waals surface area contributed by atoms with Gasteiger partial charge in [0.1, 0.15) is 11.4 Å². The fourth-order valence-electron chi connectivity index (χ4n) is 2.99. The van der Waals surface area contributed by atoms with Gasteiger partial charge in [0.2, 0.25) is 11.1 Å². The van der Waals surface area contributed by atoms with Gasteiger partial charge in [0.15, 0.2) is 5.39 Å². The second-order valence-corrected chi connectivity index (χ2v) is 6.92. The maximum atomic E-state index is 13.2. The second kappa shape index (κ2) is 7.09. The Morgan fingerprint density at radius 1 is 1.11 bits per heavy atom. The zero-order valence-electron chi connectivity index (χ0n) is 14.4. The Kier molecular flexibility index (Phi) is 4.63. The lowest BCUT2D eigenvalue weighted by molar-refractivity contribution is 0.186. The van der Waals surface area contributed by atoms with Crippen molar-refractivity contribution in [2.24, 2.45) is 0 Å². The summed E-state index contributed by atoms with van der Waals surface area (Å²) in [5, 5.41) is 0.309. The van der Waals surface area contributed by atoms with Crippen LogP contribution in [0.2, 0.25) is 0 Å². The van der Waals surface area contributed by atoms with Gasteiger partial charge in [0.25, 0.3) is 5.56 Å². The molecule has 0 aliphatic heterocycles. The molecule has 0 N–H and O–H groups in total. The van der Waals surface area contributed by atoms with Crippen molar-refractivity contribution in [2.45, 2.75) is 6.54 Å². The smallest absolute Gasteiger partial charge is 0.269 e. The number of aromatic nitrogens is 2. The summed E-state index contributed by atoms with van der Waals surface area (Å²) in [7, 11) is 1.56. The van der Waals surface area contributed by atoms with Gasteiger partial charge in [0, 0.05) is 17.1 Å². The second-order valence-electron chi connectivity index (χ2n) is 6.00. The van der Waals surface area contributed by atoms with E-state index in [1.165, 1.54) is 4.57 Å². The predicted octanol–water partition coefficient (Wildman–Crippen LogP) is 3.58. The molecule has 4 aromatic rings. The van der Waals surface area contributed by atoms with Crippen LogP contribution in [0.5, 0.6) is 0 Å². The van der Waals surface area contributed by atoms with Crippen molar-refractivity contribution in [3.05, 3.63) is 73.6 Å². The molecule has 27 heavy (non-hydrogen) atoms. The number of halogens is 1. The molecule has 0 unspecified atom stereocenters. The number of benzene rings is 2. The van der Waals surface area contributed by atoms with Crippen LogP contribution in [0, 0.1) is 0 Å². The number of rotatable bonds is 4. The third-order valence-electron chi connectivity index (χ3n) is 4.32. The van der Waals surface area contributed by atoms with Gasteiger partial charge in [-0.1, -0.05) is 40.2 Å². The lowest BCUT2D eigenvalue weighted by Crippen LogP contribution is -2.28. The number of hydrogen-bond acceptors (Lipinski definition) is 5. The van der Waals surface area contributed by atoms with Crippen molar-refractivity contribution in [1.82, 2.24) is 9.55 Å². The first-order valence-corrected chi connectivity index (χ1v) is 9.10. The maximum absolute atomic E-state index is 13.2. The molecule has 0 atom stereocenters. The van der Waals surface area contributed by atoms with E-state index in [-0.39, 0.29) is 23.1 Å². The third kappa shape index (κ3) is 3.09. The van der Waals surface area contributed by atoms with Gasteiger partial charge in [-0.2, -0.15) is 4.98 Å². The molecule has 0 radical (unpaired) electrons. The molecule has 6 nitrogen and oxygen atoms in total. The summed E-state index contributed by atoms with van der Waals surface area (Å²) in [4.78, 5) is 30.6. The summed E-state index contributed by atoms with van der Waals surface area (Å²) >= 11 is 3.40. The molecule has 0 saturated carbocycles. The van der Waals surface area contributed by atoms with E-state index in [1.54, 1.807) is 31.4 Å². The van der Waals surface area contributed by atoms with Crippen molar-refractivity contribution < 1.29 is 9.15 Å². The Morgan fingerprint density at radius 3 is 2.59 bits per heavy atom. The van der Waals surface area contributed by atoms with E-state index in [4.69, 9.17) is 9.15 Å². The van der Waals surface area contributed by atoms with Crippen molar-refractivity contribution >= 4 is 38.0 Å². The van der Waals surface area contributed by atoms with Crippen LogP contribution in [0.25, 0.3) is 33.5 Å². The highest BCUT2D eigenvalue weighted by molar-refractivity contribution is 9.10. The fraction of sp³-hybridized carbons (Fsp3) is 0.150. The van der Waals surface area contributed by atoms with Crippen molar-refractivity contribution in [3.8, 4) is 11.4 Å². The first-order chi connectivity index (χ1) is 13.1. The molecule has 2 aromatic heterocycles. The monoisotopic (exact) mass is 426 g/mol. The van der Waals surface area contributed by atoms with Crippen molar-refractivity contribution in [2.75, 3.05) is 13.7 Å². The molecule has 0 bridgehead atoms. The zero-order chi connectivity index (χ0) is 19.0. The highest BCUT2D eigenvalue weighted by Crippen LogP contribution is 2.22. The summed E-state index contributed by atoms with van der Waals surface area (Å²) in [5.41, 5.74) is 0.366. The minimum atomic E-state index is -0.436. The molecule has 0 aliphatic rings. The zero-order valence-corrected chi connectivity index (χ0v) is 16.0. The topological polar surface area (TPSA) is 74.3 Å². The van der Waals surface area contributed by atoms with Crippen LogP contribution >= 0.6 is 15.9 Å². The first-order valence-electron chi connectivity index (χ1n) is 8.31. The minimum absolute atomic E-state index is 0.0373. The molecule has 136 valence electrons. The Balaban J connectivity index is 2.10. The van der Waals surface area contributed by atoms with Crippen LogP contribution in [0.1, 0.15) is 0 Å². The van der Waals surface area contributed by atoms with E-state index < -0.39 is 5.56 Å². The number of nitrogens with zero attached hydrogens (tertiary/aromatic N) is 2. The van der Waals surface area contributed by atoms with Gasteiger partial charge in [0.05, 0.1) is 18.5 Å². The van der Waals surface area contributed by atoms with Gasteiger partial charge in [-0.3, -0.25) is 14.2 Å². The van der Waals surface area contributed by atoms with Gasteiger partial charge in [-0.05, 0) is 24.3 Å². The Morgan fingerprint density at radius 2 is 1.85 bits per heavy atom. The Labute approximate surface area is 162 Å². The third-order valence-corrected chi connectivity index (χ3v) is 4.85. The van der Waals surface area contributed by atoms with Crippen molar-refractivity contribution in [1.29, 1.82) is 0 Å². The number of fused-ring (bicyclic) bond motifs is 2. The summed E-state index contributed by atoms with van der Waals surface area (Å²) < 4.78 is 13.3. The molecule has 0 amide bonds. The number of ether oxygens (including phenoxy) is 1. The average Bonchev–Trinajstić information content (AvgIpc) is 2.68. The van der Waals surface area contributed by atoms with Crippen LogP contribution in [0.15, 0.2) is 67.0 Å². The van der Waals surface area contributed by atoms with Crippen LogP contribution in [-0.2, 0) is 11.3 Å². The fourth-order valence-corrected chi connectivity index (χ4v) is 3.26. The van der Waals surface area contributed by atoms with E-state index in [2.05, 4.69) is 20.9 Å². The van der Waals surface area contributed by atoms with Crippen molar-refractivity contribution in [3.63, 3.8) is 0 Å². The molecule has 2 aromatic carbocycles. The molecule has 0 spiro atoms. The van der Waals surface area contributed by atoms with Gasteiger partial charge in [-0.25, -0.2) is 0 Å². The van der Waals surface area contributed by atoms with Gasteiger partial charge in [-0.15, -0.1) is 0 Å². The van der Waals surface area contributed by atoms with E-state index in [0.29, 0.717) is 23.4 Å². The highest BCUT2D eigenvalue weighted by Gasteiger charge is 2.18. The highest BCUT2D eigenvalue weighted by atomic mass is 79.9. The summed E-state index contributed by atoms with van der Waals surface area (Å²) in [5.74, 6) is 0.426. The Hall–Kier alpha value is -2.77.